The minimum atomic E-state index is -0.225. The zero-order valence-corrected chi connectivity index (χ0v) is 11.8. The molecule has 0 amide bonds. The van der Waals surface area contributed by atoms with Crippen molar-refractivity contribution >= 4 is 21.7 Å². The summed E-state index contributed by atoms with van der Waals surface area (Å²) in [6.45, 7) is 3.98. The Hall–Kier alpha value is -1.42. The number of pyridine rings is 1. The number of nitrogens with zero attached hydrogens (tertiary/aromatic N) is 1. The molecule has 0 bridgehead atoms. The van der Waals surface area contributed by atoms with E-state index in [9.17, 15) is 4.39 Å². The number of aryl methyl sites for hydroxylation is 1. The Morgan fingerprint density at radius 2 is 2.11 bits per heavy atom. The van der Waals surface area contributed by atoms with E-state index in [1.807, 2.05) is 26.0 Å². The molecular formula is C14H14BrFN2. The number of benzene rings is 1. The van der Waals surface area contributed by atoms with Crippen LogP contribution >= 0.6 is 15.9 Å². The van der Waals surface area contributed by atoms with Gasteiger partial charge in [-0.1, -0.05) is 12.1 Å². The zero-order chi connectivity index (χ0) is 13.1. The minimum absolute atomic E-state index is 0.00806. The van der Waals surface area contributed by atoms with Crippen molar-refractivity contribution in [2.75, 3.05) is 5.32 Å². The van der Waals surface area contributed by atoms with Gasteiger partial charge in [0.15, 0.2) is 0 Å². The van der Waals surface area contributed by atoms with E-state index in [0.29, 0.717) is 0 Å². The van der Waals surface area contributed by atoms with Gasteiger partial charge in [-0.2, -0.15) is 0 Å². The highest BCUT2D eigenvalue weighted by Gasteiger charge is 2.10. The van der Waals surface area contributed by atoms with Crippen molar-refractivity contribution in [3.05, 3.63) is 57.9 Å². The van der Waals surface area contributed by atoms with Gasteiger partial charge in [0.05, 0.1) is 10.5 Å². The first-order chi connectivity index (χ1) is 8.58. The summed E-state index contributed by atoms with van der Waals surface area (Å²) >= 11 is 3.50. The van der Waals surface area contributed by atoms with Crippen LogP contribution in [0.25, 0.3) is 0 Å². The Kier molecular flexibility index (Phi) is 3.97. The number of aromatic nitrogens is 1. The topological polar surface area (TPSA) is 24.9 Å². The second kappa shape index (κ2) is 5.48. The molecule has 1 aromatic carbocycles. The Morgan fingerprint density at radius 3 is 2.83 bits per heavy atom. The molecule has 0 aliphatic rings. The molecule has 0 radical (unpaired) electrons. The molecule has 0 aliphatic carbocycles. The molecule has 1 aromatic heterocycles. The molecule has 18 heavy (non-hydrogen) atoms. The first kappa shape index (κ1) is 13.0. The van der Waals surface area contributed by atoms with Crippen LogP contribution in [-0.2, 0) is 0 Å². The molecule has 0 spiro atoms. The molecule has 94 valence electrons. The predicted molar refractivity (Wildman–Crippen MR) is 75.1 cm³/mol. The molecule has 1 heterocycles. The van der Waals surface area contributed by atoms with Crippen LogP contribution in [0.1, 0.15) is 24.1 Å². The van der Waals surface area contributed by atoms with Crippen LogP contribution < -0.4 is 5.32 Å². The van der Waals surface area contributed by atoms with Crippen molar-refractivity contribution < 1.29 is 4.39 Å². The van der Waals surface area contributed by atoms with Crippen LogP contribution in [0.4, 0.5) is 10.2 Å². The number of hydrogen-bond donors (Lipinski definition) is 1. The van der Waals surface area contributed by atoms with Crippen molar-refractivity contribution in [1.29, 1.82) is 0 Å². The zero-order valence-electron chi connectivity index (χ0n) is 10.2. The minimum Gasteiger partial charge on any atom is -0.363 e. The smallest absolute Gasteiger partial charge is 0.141 e. The molecule has 1 atom stereocenters. The molecule has 2 nitrogen and oxygen atoms in total. The van der Waals surface area contributed by atoms with E-state index in [4.69, 9.17) is 0 Å². The monoisotopic (exact) mass is 308 g/mol. The highest BCUT2D eigenvalue weighted by molar-refractivity contribution is 9.10. The van der Waals surface area contributed by atoms with Gasteiger partial charge in [0.25, 0.3) is 0 Å². The lowest BCUT2D eigenvalue weighted by Gasteiger charge is -2.16. The van der Waals surface area contributed by atoms with Crippen LogP contribution in [0.3, 0.4) is 0 Å². The maximum atomic E-state index is 13.2. The third-order valence-corrected chi connectivity index (χ3v) is 3.79. The molecule has 2 rings (SSSR count). The van der Waals surface area contributed by atoms with Gasteiger partial charge in [-0.05, 0) is 59.1 Å². The van der Waals surface area contributed by atoms with Gasteiger partial charge in [-0.3, -0.25) is 0 Å². The van der Waals surface area contributed by atoms with Crippen LogP contribution in [0, 0.1) is 12.7 Å². The molecular weight excluding hydrogens is 295 g/mol. The van der Waals surface area contributed by atoms with Crippen LogP contribution in [0.5, 0.6) is 0 Å². The number of hydrogen-bond acceptors (Lipinski definition) is 2. The van der Waals surface area contributed by atoms with Gasteiger partial charge >= 0.3 is 0 Å². The average Bonchev–Trinajstić information content (AvgIpc) is 2.35. The average molecular weight is 309 g/mol. The van der Waals surface area contributed by atoms with E-state index < -0.39 is 0 Å². The number of nitrogens with one attached hydrogen (secondary N) is 1. The second-order valence-electron chi connectivity index (χ2n) is 4.21. The summed E-state index contributed by atoms with van der Waals surface area (Å²) in [5, 5.41) is 3.27. The summed E-state index contributed by atoms with van der Waals surface area (Å²) < 4.78 is 14.1. The van der Waals surface area contributed by atoms with Gasteiger partial charge in [0.2, 0.25) is 0 Å². The van der Waals surface area contributed by atoms with Gasteiger partial charge in [-0.15, -0.1) is 0 Å². The molecule has 0 saturated heterocycles. The first-order valence-corrected chi connectivity index (χ1v) is 6.50. The maximum Gasteiger partial charge on any atom is 0.141 e. The Bertz CT molecular complexity index is 557. The highest BCUT2D eigenvalue weighted by atomic mass is 79.9. The number of rotatable bonds is 3. The third-order valence-electron chi connectivity index (χ3n) is 2.78. The van der Waals surface area contributed by atoms with E-state index in [-0.39, 0.29) is 11.9 Å². The summed E-state index contributed by atoms with van der Waals surface area (Å²) in [5.74, 6) is 0.546. The Morgan fingerprint density at radius 1 is 1.33 bits per heavy atom. The summed E-state index contributed by atoms with van der Waals surface area (Å²) in [6.07, 6.45) is 1.75. The normalized spacial score (nSPS) is 12.2. The van der Waals surface area contributed by atoms with Crippen molar-refractivity contribution in [3.63, 3.8) is 0 Å². The number of anilines is 1. The summed E-state index contributed by atoms with van der Waals surface area (Å²) in [5.41, 5.74) is 2.00. The van der Waals surface area contributed by atoms with Gasteiger partial charge < -0.3 is 5.32 Å². The molecule has 0 saturated carbocycles. The maximum absolute atomic E-state index is 13.2. The lowest BCUT2D eigenvalue weighted by atomic mass is 10.1. The summed E-state index contributed by atoms with van der Waals surface area (Å²) in [4.78, 5) is 4.28. The van der Waals surface area contributed by atoms with Crippen LogP contribution in [0.2, 0.25) is 0 Å². The Balaban J connectivity index is 2.21. The quantitative estimate of drug-likeness (QED) is 0.905. The molecule has 1 unspecified atom stereocenters. The second-order valence-corrected chi connectivity index (χ2v) is 5.00. The van der Waals surface area contributed by atoms with Crippen LogP contribution in [-0.4, -0.2) is 4.98 Å². The molecule has 0 aliphatic heterocycles. The van der Waals surface area contributed by atoms with Gasteiger partial charge in [0, 0.05) is 6.20 Å². The van der Waals surface area contributed by atoms with Gasteiger partial charge in [-0.25, -0.2) is 9.37 Å². The van der Waals surface area contributed by atoms with Crippen molar-refractivity contribution in [2.45, 2.75) is 19.9 Å². The Labute approximate surface area is 114 Å². The van der Waals surface area contributed by atoms with Crippen LogP contribution in [0.15, 0.2) is 41.0 Å². The van der Waals surface area contributed by atoms with E-state index in [1.54, 1.807) is 12.3 Å². The fraction of sp³-hybridized carbons (Fsp3) is 0.214. The SMILES string of the molecule is Cc1ccnc(NC(C)c2cccc(F)c2)c1Br. The third kappa shape index (κ3) is 2.88. The molecule has 0 fully saturated rings. The van der Waals surface area contributed by atoms with Crippen molar-refractivity contribution in [1.82, 2.24) is 4.98 Å². The van der Waals surface area contributed by atoms with E-state index >= 15 is 0 Å². The fourth-order valence-electron chi connectivity index (χ4n) is 1.71. The molecule has 1 N–H and O–H groups in total. The van der Waals surface area contributed by atoms with Crippen molar-refractivity contribution in [2.24, 2.45) is 0 Å². The first-order valence-electron chi connectivity index (χ1n) is 5.71. The van der Waals surface area contributed by atoms with Gasteiger partial charge in [0.1, 0.15) is 11.6 Å². The lowest BCUT2D eigenvalue weighted by molar-refractivity contribution is 0.623. The van der Waals surface area contributed by atoms with E-state index in [2.05, 4.69) is 26.2 Å². The molecule has 2 aromatic rings. The standard InChI is InChI=1S/C14H14BrFN2/c1-9-6-7-17-14(13(9)15)18-10(2)11-4-3-5-12(16)8-11/h3-8,10H,1-2H3,(H,17,18). The predicted octanol–water partition coefficient (Wildman–Crippen LogP) is 4.46. The van der Waals surface area contributed by atoms with E-state index in [0.717, 1.165) is 21.4 Å². The highest BCUT2D eigenvalue weighted by Crippen LogP contribution is 2.27. The fourth-order valence-corrected chi connectivity index (χ4v) is 2.05. The number of halogens is 2. The molecule has 4 heteroatoms. The summed E-state index contributed by atoms with van der Waals surface area (Å²) in [7, 11) is 0. The largest absolute Gasteiger partial charge is 0.363 e. The van der Waals surface area contributed by atoms with Crippen molar-refractivity contribution in [3.8, 4) is 0 Å². The van der Waals surface area contributed by atoms with E-state index in [1.165, 1.54) is 12.1 Å². The lowest BCUT2D eigenvalue weighted by Crippen LogP contribution is -2.09. The summed E-state index contributed by atoms with van der Waals surface area (Å²) in [6, 6.07) is 8.50.